The van der Waals surface area contributed by atoms with Crippen molar-refractivity contribution in [3.05, 3.63) is 17.7 Å². The summed E-state index contributed by atoms with van der Waals surface area (Å²) >= 11 is 0. The predicted octanol–water partition coefficient (Wildman–Crippen LogP) is 1.41. The minimum atomic E-state index is -0.435. The van der Waals surface area contributed by atoms with Gasteiger partial charge in [0.1, 0.15) is 11.4 Å². The number of anilines is 1. The standard InChI is InChI=1S/C15H23N3O3/c1-17(2)11-6-5-9-18(10-11)13-8-7-12(15(19)21-4)14(16-13)20-3/h7-8,11H,5-6,9-10H2,1-4H3/t11-/m0/s1. The lowest BCUT2D eigenvalue weighted by molar-refractivity contribution is 0.0596. The van der Waals surface area contributed by atoms with Gasteiger partial charge in [0.05, 0.1) is 14.2 Å². The molecule has 2 heterocycles. The molecule has 0 aliphatic carbocycles. The van der Waals surface area contributed by atoms with Crippen molar-refractivity contribution in [3.8, 4) is 5.88 Å². The summed E-state index contributed by atoms with van der Waals surface area (Å²) in [4.78, 5) is 20.6. The van der Waals surface area contributed by atoms with Crippen LogP contribution in [-0.2, 0) is 4.74 Å². The molecule has 1 aromatic heterocycles. The van der Waals surface area contributed by atoms with Crippen LogP contribution in [0.5, 0.6) is 5.88 Å². The molecule has 21 heavy (non-hydrogen) atoms. The molecule has 6 heteroatoms. The van der Waals surface area contributed by atoms with E-state index in [4.69, 9.17) is 9.47 Å². The average molecular weight is 293 g/mol. The van der Waals surface area contributed by atoms with E-state index < -0.39 is 5.97 Å². The van der Waals surface area contributed by atoms with Crippen LogP contribution in [0.1, 0.15) is 23.2 Å². The second-order valence-electron chi connectivity index (χ2n) is 5.42. The second-order valence-corrected chi connectivity index (χ2v) is 5.42. The lowest BCUT2D eigenvalue weighted by atomic mass is 10.0. The van der Waals surface area contributed by atoms with E-state index in [1.54, 1.807) is 6.07 Å². The van der Waals surface area contributed by atoms with Crippen LogP contribution < -0.4 is 9.64 Å². The first-order valence-corrected chi connectivity index (χ1v) is 7.11. The van der Waals surface area contributed by atoms with Crippen molar-refractivity contribution in [2.24, 2.45) is 0 Å². The molecule has 0 aromatic carbocycles. The van der Waals surface area contributed by atoms with E-state index in [1.165, 1.54) is 20.6 Å². The molecule has 1 fully saturated rings. The number of methoxy groups -OCH3 is 2. The van der Waals surface area contributed by atoms with Gasteiger partial charge in [-0.1, -0.05) is 0 Å². The topological polar surface area (TPSA) is 54.9 Å². The van der Waals surface area contributed by atoms with Crippen molar-refractivity contribution in [1.82, 2.24) is 9.88 Å². The van der Waals surface area contributed by atoms with Gasteiger partial charge in [0.25, 0.3) is 0 Å². The van der Waals surface area contributed by atoms with Crippen molar-refractivity contribution < 1.29 is 14.3 Å². The molecule has 0 radical (unpaired) electrons. The Morgan fingerprint density at radius 2 is 2.14 bits per heavy atom. The number of hydrogen-bond donors (Lipinski definition) is 0. The van der Waals surface area contributed by atoms with Crippen LogP contribution in [0.3, 0.4) is 0 Å². The van der Waals surface area contributed by atoms with Crippen molar-refractivity contribution in [1.29, 1.82) is 0 Å². The molecule has 1 saturated heterocycles. The Morgan fingerprint density at radius 3 is 2.76 bits per heavy atom. The number of nitrogens with zero attached hydrogens (tertiary/aromatic N) is 3. The molecule has 1 aliphatic rings. The van der Waals surface area contributed by atoms with Gasteiger partial charge in [-0.2, -0.15) is 4.98 Å². The van der Waals surface area contributed by atoms with Crippen LogP contribution in [-0.4, -0.2) is 63.3 Å². The number of ether oxygens (including phenoxy) is 2. The molecule has 116 valence electrons. The van der Waals surface area contributed by atoms with Crippen molar-refractivity contribution in [2.45, 2.75) is 18.9 Å². The maximum atomic E-state index is 11.7. The highest BCUT2D eigenvalue weighted by Crippen LogP contribution is 2.25. The summed E-state index contributed by atoms with van der Waals surface area (Å²) in [5.74, 6) is 0.716. The van der Waals surface area contributed by atoms with Crippen LogP contribution in [0, 0.1) is 0 Å². The van der Waals surface area contributed by atoms with Crippen molar-refractivity contribution >= 4 is 11.8 Å². The van der Waals surface area contributed by atoms with Crippen LogP contribution in [0.2, 0.25) is 0 Å². The smallest absolute Gasteiger partial charge is 0.343 e. The lowest BCUT2D eigenvalue weighted by Gasteiger charge is -2.36. The first kappa shape index (κ1) is 15.6. The third-order valence-corrected chi connectivity index (χ3v) is 3.90. The van der Waals surface area contributed by atoms with Gasteiger partial charge in [0, 0.05) is 19.1 Å². The minimum absolute atomic E-state index is 0.311. The summed E-state index contributed by atoms with van der Waals surface area (Å²) in [6.07, 6.45) is 2.33. The Kier molecular flexibility index (Phi) is 5.01. The molecule has 2 rings (SSSR count). The van der Waals surface area contributed by atoms with Gasteiger partial charge in [-0.3, -0.25) is 0 Å². The Labute approximate surface area is 125 Å². The number of pyridine rings is 1. The zero-order chi connectivity index (χ0) is 15.4. The van der Waals surface area contributed by atoms with Crippen molar-refractivity contribution in [3.63, 3.8) is 0 Å². The van der Waals surface area contributed by atoms with Gasteiger partial charge in [0.2, 0.25) is 5.88 Å². The van der Waals surface area contributed by atoms with E-state index in [9.17, 15) is 4.79 Å². The van der Waals surface area contributed by atoms with E-state index in [0.29, 0.717) is 17.5 Å². The second kappa shape index (κ2) is 6.76. The summed E-state index contributed by atoms with van der Waals surface area (Å²) in [5.41, 5.74) is 0.352. The monoisotopic (exact) mass is 293 g/mol. The van der Waals surface area contributed by atoms with Gasteiger partial charge in [-0.15, -0.1) is 0 Å². The first-order chi connectivity index (χ1) is 10.1. The van der Waals surface area contributed by atoms with E-state index in [2.05, 4.69) is 28.9 Å². The molecule has 1 aromatic rings. The summed E-state index contributed by atoms with van der Waals surface area (Å²) in [6.45, 7) is 1.90. The average Bonchev–Trinajstić information content (AvgIpc) is 2.53. The maximum Gasteiger partial charge on any atom is 0.343 e. The summed E-state index contributed by atoms with van der Waals surface area (Å²) < 4.78 is 9.96. The van der Waals surface area contributed by atoms with E-state index in [0.717, 1.165) is 25.3 Å². The van der Waals surface area contributed by atoms with Gasteiger partial charge in [-0.05, 0) is 39.1 Å². The molecule has 0 N–H and O–H groups in total. The zero-order valence-electron chi connectivity index (χ0n) is 13.1. The predicted molar refractivity (Wildman–Crippen MR) is 81.1 cm³/mol. The molecule has 0 unspecified atom stereocenters. The van der Waals surface area contributed by atoms with Crippen LogP contribution in [0.15, 0.2) is 12.1 Å². The Bertz CT molecular complexity index is 505. The number of hydrogen-bond acceptors (Lipinski definition) is 6. The molecule has 1 aliphatic heterocycles. The zero-order valence-corrected chi connectivity index (χ0v) is 13.1. The Balaban J connectivity index is 2.22. The molecule has 0 spiro atoms. The molecule has 0 amide bonds. The van der Waals surface area contributed by atoms with Crippen LogP contribution >= 0.6 is 0 Å². The Hall–Kier alpha value is -1.82. The number of carbonyl (C=O) groups excluding carboxylic acids is 1. The minimum Gasteiger partial charge on any atom is -0.480 e. The van der Waals surface area contributed by atoms with Gasteiger partial charge < -0.3 is 19.3 Å². The number of rotatable bonds is 4. The fraction of sp³-hybridized carbons (Fsp3) is 0.600. The van der Waals surface area contributed by atoms with E-state index in [-0.39, 0.29) is 0 Å². The molecular weight excluding hydrogens is 270 g/mol. The molecule has 0 saturated carbocycles. The first-order valence-electron chi connectivity index (χ1n) is 7.11. The number of likely N-dealkylation sites (N-methyl/N-ethyl adjacent to an activating group) is 1. The highest BCUT2D eigenvalue weighted by atomic mass is 16.5. The molecular formula is C15H23N3O3. The summed E-state index contributed by atoms with van der Waals surface area (Å²) in [5, 5.41) is 0. The van der Waals surface area contributed by atoms with Gasteiger partial charge in [0.15, 0.2) is 0 Å². The fourth-order valence-corrected chi connectivity index (χ4v) is 2.61. The normalized spacial score (nSPS) is 18.7. The molecule has 1 atom stereocenters. The van der Waals surface area contributed by atoms with Gasteiger partial charge in [-0.25, -0.2) is 4.79 Å². The fourth-order valence-electron chi connectivity index (χ4n) is 2.61. The number of piperidine rings is 1. The highest BCUT2D eigenvalue weighted by molar-refractivity contribution is 5.92. The maximum absolute atomic E-state index is 11.7. The summed E-state index contributed by atoms with van der Waals surface area (Å²) in [7, 11) is 7.06. The Morgan fingerprint density at radius 1 is 1.38 bits per heavy atom. The van der Waals surface area contributed by atoms with E-state index in [1.807, 2.05) is 6.07 Å². The third kappa shape index (κ3) is 3.44. The quantitative estimate of drug-likeness (QED) is 0.782. The number of aromatic nitrogens is 1. The molecule has 6 nitrogen and oxygen atoms in total. The van der Waals surface area contributed by atoms with Crippen LogP contribution in [0.4, 0.5) is 5.82 Å². The largest absolute Gasteiger partial charge is 0.480 e. The lowest BCUT2D eigenvalue weighted by Crippen LogP contribution is -2.45. The SMILES string of the molecule is COC(=O)c1ccc(N2CCC[C@H](N(C)C)C2)nc1OC. The van der Waals surface area contributed by atoms with Crippen LogP contribution in [0.25, 0.3) is 0 Å². The van der Waals surface area contributed by atoms with E-state index >= 15 is 0 Å². The molecule has 0 bridgehead atoms. The number of esters is 1. The number of carbonyl (C=O) groups is 1. The summed E-state index contributed by atoms with van der Waals surface area (Å²) in [6, 6.07) is 4.09. The highest BCUT2D eigenvalue weighted by Gasteiger charge is 2.24. The van der Waals surface area contributed by atoms with Crippen molar-refractivity contribution in [2.75, 3.05) is 46.3 Å². The third-order valence-electron chi connectivity index (χ3n) is 3.90. The van der Waals surface area contributed by atoms with Gasteiger partial charge >= 0.3 is 5.97 Å².